The van der Waals surface area contributed by atoms with Crippen LogP contribution in [0.1, 0.15) is 29.8 Å². The molecule has 116 valence electrons. The minimum absolute atomic E-state index is 0.240. The summed E-state index contributed by atoms with van der Waals surface area (Å²) in [6.45, 7) is 2.04. The summed E-state index contributed by atoms with van der Waals surface area (Å²) in [6.07, 6.45) is 8.88. The second-order valence-corrected chi connectivity index (χ2v) is 5.53. The summed E-state index contributed by atoms with van der Waals surface area (Å²) in [6, 6.07) is 1.94. The molecule has 7 nitrogen and oxygen atoms in total. The first-order valence-corrected chi connectivity index (χ1v) is 7.44. The normalized spacial score (nSPS) is 14.9. The molecule has 0 unspecified atom stereocenters. The number of carbonyl (C=O) groups is 1. The number of amides is 1. The highest BCUT2D eigenvalue weighted by Gasteiger charge is 2.16. The molecular weight excluding hydrogens is 280 g/mol. The Morgan fingerprint density at radius 2 is 2.05 bits per heavy atom. The first kappa shape index (κ1) is 14.4. The Morgan fingerprint density at radius 1 is 1.27 bits per heavy atom. The number of carbonyl (C=O) groups excluding carboxylic acids is 1. The van der Waals surface area contributed by atoms with Crippen molar-refractivity contribution in [2.24, 2.45) is 12.8 Å². The summed E-state index contributed by atoms with van der Waals surface area (Å²) in [7, 11) is 1.84. The van der Waals surface area contributed by atoms with Crippen LogP contribution in [-0.2, 0) is 7.05 Å². The molecule has 0 aromatic carbocycles. The largest absolute Gasteiger partial charge is 0.370 e. The molecule has 3 heterocycles. The number of primary amides is 1. The van der Waals surface area contributed by atoms with E-state index in [9.17, 15) is 4.79 Å². The highest BCUT2D eigenvalue weighted by atomic mass is 16.1. The number of nitrogens with two attached hydrogens (primary N) is 1. The van der Waals surface area contributed by atoms with Crippen LogP contribution >= 0.6 is 0 Å². The van der Waals surface area contributed by atoms with Crippen LogP contribution in [-0.4, -0.2) is 33.8 Å². The highest BCUT2D eigenvalue weighted by Crippen LogP contribution is 2.26. The molecule has 1 fully saturated rings. The van der Waals surface area contributed by atoms with E-state index in [-0.39, 0.29) is 5.69 Å². The second-order valence-electron chi connectivity index (χ2n) is 5.53. The summed E-state index contributed by atoms with van der Waals surface area (Å²) in [5, 5.41) is 7.29. The van der Waals surface area contributed by atoms with Gasteiger partial charge in [0.05, 0.1) is 29.5 Å². The molecule has 3 N–H and O–H groups in total. The summed E-state index contributed by atoms with van der Waals surface area (Å²) in [5.74, 6) is -0.545. The van der Waals surface area contributed by atoms with Crippen molar-refractivity contribution < 1.29 is 4.79 Å². The molecule has 22 heavy (non-hydrogen) atoms. The fraction of sp³-hybridized carbons (Fsp3) is 0.400. The third kappa shape index (κ3) is 3.03. The maximum atomic E-state index is 11.6. The molecule has 0 radical (unpaired) electrons. The van der Waals surface area contributed by atoms with E-state index in [2.05, 4.69) is 20.3 Å². The number of piperidine rings is 1. The minimum Gasteiger partial charge on any atom is -0.370 e. The first-order chi connectivity index (χ1) is 10.6. The summed E-state index contributed by atoms with van der Waals surface area (Å²) < 4.78 is 1.69. The summed E-state index contributed by atoms with van der Waals surface area (Å²) >= 11 is 0. The van der Waals surface area contributed by atoms with E-state index in [0.717, 1.165) is 24.5 Å². The van der Waals surface area contributed by atoms with E-state index < -0.39 is 5.91 Å². The SMILES string of the molecule is Cn1cc(Nc2cc(N3CCCCC3)cnc2C(N)=O)cn1. The van der Waals surface area contributed by atoms with Crippen LogP contribution in [0.2, 0.25) is 0 Å². The lowest BCUT2D eigenvalue weighted by molar-refractivity contribution is 0.0996. The van der Waals surface area contributed by atoms with Crippen molar-refractivity contribution >= 4 is 23.0 Å². The Kier molecular flexibility index (Phi) is 3.95. The number of hydrogen-bond donors (Lipinski definition) is 2. The van der Waals surface area contributed by atoms with E-state index in [1.165, 1.54) is 19.3 Å². The first-order valence-electron chi connectivity index (χ1n) is 7.44. The molecule has 0 aliphatic carbocycles. The van der Waals surface area contributed by atoms with Crippen molar-refractivity contribution in [2.45, 2.75) is 19.3 Å². The van der Waals surface area contributed by atoms with E-state index in [1.54, 1.807) is 17.1 Å². The molecule has 0 saturated carbocycles. The molecule has 3 rings (SSSR count). The van der Waals surface area contributed by atoms with Gasteiger partial charge in [-0.2, -0.15) is 5.10 Å². The minimum atomic E-state index is -0.545. The number of anilines is 3. The molecule has 1 saturated heterocycles. The fourth-order valence-corrected chi connectivity index (χ4v) is 2.71. The van der Waals surface area contributed by atoms with Crippen LogP contribution in [0.5, 0.6) is 0 Å². The standard InChI is InChI=1S/C15H20N6O/c1-20-10-11(8-18-20)19-13-7-12(9-17-14(13)15(16)22)21-5-3-2-4-6-21/h7-10,19H,2-6H2,1H3,(H2,16,22). The Morgan fingerprint density at radius 3 is 2.68 bits per heavy atom. The predicted molar refractivity (Wildman–Crippen MR) is 85.3 cm³/mol. The molecule has 1 amide bonds. The van der Waals surface area contributed by atoms with E-state index in [0.29, 0.717) is 5.69 Å². The zero-order valence-corrected chi connectivity index (χ0v) is 12.6. The number of aromatic nitrogens is 3. The van der Waals surface area contributed by atoms with Gasteiger partial charge in [-0.3, -0.25) is 9.48 Å². The Labute approximate surface area is 129 Å². The van der Waals surface area contributed by atoms with E-state index in [4.69, 9.17) is 5.73 Å². The van der Waals surface area contributed by atoms with Gasteiger partial charge >= 0.3 is 0 Å². The number of rotatable bonds is 4. The molecule has 2 aromatic rings. The van der Waals surface area contributed by atoms with Gasteiger partial charge in [0.2, 0.25) is 0 Å². The Hall–Kier alpha value is -2.57. The predicted octanol–water partition coefficient (Wildman–Crippen LogP) is 1.65. The van der Waals surface area contributed by atoms with Gasteiger partial charge in [-0.25, -0.2) is 4.98 Å². The van der Waals surface area contributed by atoms with Crippen LogP contribution in [0.25, 0.3) is 0 Å². The lowest BCUT2D eigenvalue weighted by Crippen LogP contribution is -2.29. The Balaban J connectivity index is 1.91. The smallest absolute Gasteiger partial charge is 0.269 e. The summed E-state index contributed by atoms with van der Waals surface area (Å²) in [4.78, 5) is 18.1. The van der Waals surface area contributed by atoms with Crippen LogP contribution < -0.4 is 16.0 Å². The number of hydrogen-bond acceptors (Lipinski definition) is 5. The number of pyridine rings is 1. The molecule has 1 aliphatic rings. The Bertz CT molecular complexity index is 674. The number of nitrogens with zero attached hydrogens (tertiary/aromatic N) is 4. The monoisotopic (exact) mass is 300 g/mol. The van der Waals surface area contributed by atoms with Crippen molar-refractivity contribution in [3.05, 3.63) is 30.4 Å². The lowest BCUT2D eigenvalue weighted by atomic mass is 10.1. The van der Waals surface area contributed by atoms with Gasteiger partial charge in [-0.15, -0.1) is 0 Å². The molecule has 7 heteroatoms. The number of aryl methyl sites for hydroxylation is 1. The second kappa shape index (κ2) is 6.05. The number of nitrogens with one attached hydrogen (secondary N) is 1. The van der Waals surface area contributed by atoms with Gasteiger partial charge in [0.25, 0.3) is 5.91 Å². The average molecular weight is 300 g/mol. The average Bonchev–Trinajstić information content (AvgIpc) is 2.93. The molecular formula is C15H20N6O. The lowest BCUT2D eigenvalue weighted by Gasteiger charge is -2.29. The zero-order chi connectivity index (χ0) is 15.5. The van der Waals surface area contributed by atoms with Crippen molar-refractivity contribution in [1.82, 2.24) is 14.8 Å². The maximum Gasteiger partial charge on any atom is 0.269 e. The van der Waals surface area contributed by atoms with Gasteiger partial charge in [0, 0.05) is 26.3 Å². The van der Waals surface area contributed by atoms with E-state index in [1.807, 2.05) is 19.3 Å². The van der Waals surface area contributed by atoms with Crippen molar-refractivity contribution in [3.8, 4) is 0 Å². The van der Waals surface area contributed by atoms with E-state index >= 15 is 0 Å². The molecule has 0 bridgehead atoms. The quantitative estimate of drug-likeness (QED) is 0.896. The van der Waals surface area contributed by atoms with Crippen LogP contribution in [0, 0.1) is 0 Å². The van der Waals surface area contributed by atoms with Gasteiger partial charge in [-0.1, -0.05) is 0 Å². The molecule has 0 atom stereocenters. The fourth-order valence-electron chi connectivity index (χ4n) is 2.71. The topological polar surface area (TPSA) is 89.1 Å². The maximum absolute atomic E-state index is 11.6. The summed E-state index contributed by atoms with van der Waals surface area (Å²) in [5.41, 5.74) is 8.09. The third-order valence-electron chi connectivity index (χ3n) is 3.81. The molecule has 1 aliphatic heterocycles. The molecule has 2 aromatic heterocycles. The van der Waals surface area contributed by atoms with Crippen LogP contribution in [0.4, 0.5) is 17.1 Å². The van der Waals surface area contributed by atoms with Crippen LogP contribution in [0.15, 0.2) is 24.7 Å². The van der Waals surface area contributed by atoms with Crippen molar-refractivity contribution in [3.63, 3.8) is 0 Å². The van der Waals surface area contributed by atoms with Crippen molar-refractivity contribution in [2.75, 3.05) is 23.3 Å². The van der Waals surface area contributed by atoms with Gasteiger partial charge in [0.1, 0.15) is 0 Å². The van der Waals surface area contributed by atoms with Gasteiger partial charge in [-0.05, 0) is 25.3 Å². The van der Waals surface area contributed by atoms with Gasteiger partial charge in [0.15, 0.2) is 5.69 Å². The van der Waals surface area contributed by atoms with Gasteiger partial charge < -0.3 is 16.0 Å². The van der Waals surface area contributed by atoms with Crippen molar-refractivity contribution in [1.29, 1.82) is 0 Å². The highest BCUT2D eigenvalue weighted by molar-refractivity contribution is 5.97. The van der Waals surface area contributed by atoms with Crippen LogP contribution in [0.3, 0.4) is 0 Å². The third-order valence-corrected chi connectivity index (χ3v) is 3.81. The molecule has 0 spiro atoms. The zero-order valence-electron chi connectivity index (χ0n) is 12.6.